The molecule has 1 N–H and O–H groups in total. The first-order valence-electron chi connectivity index (χ1n) is 8.30. The van der Waals surface area contributed by atoms with Crippen LogP contribution in [0.3, 0.4) is 0 Å². The van der Waals surface area contributed by atoms with E-state index < -0.39 is 0 Å². The van der Waals surface area contributed by atoms with Crippen LogP contribution in [0.1, 0.15) is 15.6 Å². The van der Waals surface area contributed by atoms with Crippen LogP contribution in [-0.4, -0.2) is 10.9 Å². The van der Waals surface area contributed by atoms with Gasteiger partial charge in [-0.25, -0.2) is 4.98 Å². The van der Waals surface area contributed by atoms with Crippen LogP contribution in [0.4, 0.5) is 5.69 Å². The van der Waals surface area contributed by atoms with Crippen LogP contribution in [0.15, 0.2) is 71.1 Å². The second-order valence-corrected chi connectivity index (χ2v) is 7.63. The Morgan fingerprint density at radius 3 is 2.41 bits per heavy atom. The molecule has 4 nitrogen and oxygen atoms in total. The fourth-order valence-corrected chi connectivity index (χ4v) is 3.69. The molecule has 2 aromatic heterocycles. The highest BCUT2D eigenvalue weighted by Gasteiger charge is 2.15. The number of nitrogens with zero attached hydrogens (tertiary/aromatic N) is 1. The zero-order valence-electron chi connectivity index (χ0n) is 14.4. The smallest absolute Gasteiger partial charge is 0.265 e. The van der Waals surface area contributed by atoms with Crippen LogP contribution < -0.4 is 5.32 Å². The van der Waals surface area contributed by atoms with Crippen molar-refractivity contribution in [2.75, 3.05) is 5.32 Å². The van der Waals surface area contributed by atoms with Crippen molar-refractivity contribution < 1.29 is 9.21 Å². The molecule has 1 amide bonds. The number of aromatic nitrogens is 1. The van der Waals surface area contributed by atoms with E-state index in [0.717, 1.165) is 22.6 Å². The van der Waals surface area contributed by atoms with Gasteiger partial charge in [-0.05, 0) is 24.3 Å². The van der Waals surface area contributed by atoms with Gasteiger partial charge in [0.25, 0.3) is 5.91 Å². The van der Waals surface area contributed by atoms with Crippen molar-refractivity contribution in [3.8, 4) is 22.6 Å². The standard InChI is InChI=1S/C21H15ClN2O2S/c1-13-23-19(20(26-13)15-5-3-2-4-6-15)14-7-9-16(10-8-14)24-21(25)17-11-12-18(22)27-17/h2-12H,1H3,(H,24,25). The third-order valence-corrected chi connectivity index (χ3v) is 5.21. The van der Waals surface area contributed by atoms with Crippen molar-refractivity contribution in [2.45, 2.75) is 6.92 Å². The van der Waals surface area contributed by atoms with E-state index in [1.165, 1.54) is 11.3 Å². The van der Waals surface area contributed by atoms with Crippen molar-refractivity contribution in [3.05, 3.63) is 81.8 Å². The third-order valence-electron chi connectivity index (χ3n) is 3.98. The normalized spacial score (nSPS) is 10.7. The molecule has 0 aliphatic carbocycles. The maximum atomic E-state index is 12.2. The van der Waals surface area contributed by atoms with E-state index in [1.54, 1.807) is 12.1 Å². The van der Waals surface area contributed by atoms with E-state index in [9.17, 15) is 4.79 Å². The molecule has 0 fully saturated rings. The molecule has 4 rings (SSSR count). The summed E-state index contributed by atoms with van der Waals surface area (Å²) >= 11 is 7.13. The number of nitrogens with one attached hydrogen (secondary N) is 1. The fraction of sp³-hybridized carbons (Fsp3) is 0.0476. The Bertz CT molecular complexity index is 1090. The van der Waals surface area contributed by atoms with Crippen LogP contribution in [-0.2, 0) is 0 Å². The van der Waals surface area contributed by atoms with Crippen LogP contribution in [0, 0.1) is 6.92 Å². The van der Waals surface area contributed by atoms with Gasteiger partial charge in [-0.2, -0.15) is 0 Å². The SMILES string of the molecule is Cc1nc(-c2ccc(NC(=O)c3ccc(Cl)s3)cc2)c(-c2ccccc2)o1. The fourth-order valence-electron chi connectivity index (χ4n) is 2.75. The molecule has 0 aliphatic rings. The summed E-state index contributed by atoms with van der Waals surface area (Å²) < 4.78 is 6.41. The molecule has 0 saturated carbocycles. The van der Waals surface area contributed by atoms with Crippen LogP contribution in [0.5, 0.6) is 0 Å². The minimum absolute atomic E-state index is 0.179. The van der Waals surface area contributed by atoms with Crippen molar-refractivity contribution in [3.63, 3.8) is 0 Å². The molecule has 27 heavy (non-hydrogen) atoms. The van der Waals surface area contributed by atoms with Gasteiger partial charge in [-0.3, -0.25) is 4.79 Å². The van der Waals surface area contributed by atoms with Gasteiger partial charge in [0.2, 0.25) is 0 Å². The number of anilines is 1. The first kappa shape index (κ1) is 17.5. The van der Waals surface area contributed by atoms with Crippen LogP contribution >= 0.6 is 22.9 Å². The summed E-state index contributed by atoms with van der Waals surface area (Å²) in [6, 6.07) is 20.8. The summed E-state index contributed by atoms with van der Waals surface area (Å²) in [4.78, 5) is 17.3. The molecule has 134 valence electrons. The lowest BCUT2D eigenvalue weighted by molar-refractivity contribution is 0.103. The monoisotopic (exact) mass is 394 g/mol. The molecule has 0 aliphatic heterocycles. The summed E-state index contributed by atoms with van der Waals surface area (Å²) in [5.74, 6) is 1.16. The molecule has 2 heterocycles. The number of halogens is 1. The molecular weight excluding hydrogens is 380 g/mol. The minimum Gasteiger partial charge on any atom is -0.440 e. The maximum Gasteiger partial charge on any atom is 0.265 e. The van der Waals surface area contributed by atoms with Gasteiger partial charge < -0.3 is 9.73 Å². The average Bonchev–Trinajstić information content (AvgIpc) is 3.29. The third kappa shape index (κ3) is 3.79. The van der Waals surface area contributed by atoms with Gasteiger partial charge in [0.15, 0.2) is 11.7 Å². The number of aryl methyl sites for hydroxylation is 1. The molecule has 6 heteroatoms. The lowest BCUT2D eigenvalue weighted by atomic mass is 10.1. The Hall–Kier alpha value is -2.89. The second kappa shape index (κ2) is 7.39. The molecule has 0 spiro atoms. The number of carbonyl (C=O) groups is 1. The highest BCUT2D eigenvalue weighted by molar-refractivity contribution is 7.18. The Kier molecular flexibility index (Phi) is 4.79. The van der Waals surface area contributed by atoms with Gasteiger partial charge in [0.05, 0.1) is 9.21 Å². The summed E-state index contributed by atoms with van der Waals surface area (Å²) in [5, 5.41) is 2.87. The second-order valence-electron chi connectivity index (χ2n) is 5.91. The summed E-state index contributed by atoms with van der Waals surface area (Å²) in [7, 11) is 0. The molecule has 0 saturated heterocycles. The Balaban J connectivity index is 1.59. The highest BCUT2D eigenvalue weighted by Crippen LogP contribution is 2.33. The number of hydrogen-bond acceptors (Lipinski definition) is 4. The number of rotatable bonds is 4. The summed E-state index contributed by atoms with van der Waals surface area (Å²) in [6.45, 7) is 1.83. The lowest BCUT2D eigenvalue weighted by Crippen LogP contribution is -2.09. The van der Waals surface area contributed by atoms with Crippen molar-refractivity contribution in [1.29, 1.82) is 0 Å². The average molecular weight is 395 g/mol. The van der Waals surface area contributed by atoms with Crippen molar-refractivity contribution in [2.24, 2.45) is 0 Å². The van der Waals surface area contributed by atoms with E-state index >= 15 is 0 Å². The van der Waals surface area contributed by atoms with Crippen molar-refractivity contribution in [1.82, 2.24) is 4.98 Å². The van der Waals surface area contributed by atoms with E-state index in [1.807, 2.05) is 61.5 Å². The lowest BCUT2D eigenvalue weighted by Gasteiger charge is -2.05. The van der Waals surface area contributed by atoms with E-state index in [0.29, 0.717) is 20.8 Å². The molecule has 0 atom stereocenters. The zero-order valence-corrected chi connectivity index (χ0v) is 16.0. The molecule has 0 radical (unpaired) electrons. The first-order chi connectivity index (χ1) is 13.1. The molecular formula is C21H15ClN2O2S. The number of oxazole rings is 1. The van der Waals surface area contributed by atoms with Crippen molar-refractivity contribution >= 4 is 34.5 Å². The number of carbonyl (C=O) groups excluding carboxylic acids is 1. The Morgan fingerprint density at radius 1 is 1.00 bits per heavy atom. The topological polar surface area (TPSA) is 55.1 Å². The number of thiophene rings is 1. The highest BCUT2D eigenvalue weighted by atomic mass is 35.5. The Labute approximate surface area is 165 Å². The van der Waals surface area contributed by atoms with E-state index in [4.69, 9.17) is 16.0 Å². The predicted molar refractivity (Wildman–Crippen MR) is 109 cm³/mol. The number of hydrogen-bond donors (Lipinski definition) is 1. The van der Waals surface area contributed by atoms with E-state index in [2.05, 4.69) is 10.3 Å². The minimum atomic E-state index is -0.179. The Morgan fingerprint density at radius 2 is 1.74 bits per heavy atom. The van der Waals surface area contributed by atoms with Gasteiger partial charge >= 0.3 is 0 Å². The molecule has 2 aromatic carbocycles. The predicted octanol–water partition coefficient (Wildman–Crippen LogP) is 6.28. The largest absolute Gasteiger partial charge is 0.440 e. The first-order valence-corrected chi connectivity index (χ1v) is 9.49. The van der Waals surface area contributed by atoms with Gasteiger partial charge in [0, 0.05) is 23.7 Å². The number of amides is 1. The quantitative estimate of drug-likeness (QED) is 0.443. The van der Waals surface area contributed by atoms with Gasteiger partial charge in [-0.15, -0.1) is 11.3 Å². The molecule has 4 aromatic rings. The zero-order chi connectivity index (χ0) is 18.8. The number of benzene rings is 2. The summed E-state index contributed by atoms with van der Waals surface area (Å²) in [5.41, 5.74) is 3.37. The molecule has 0 unspecified atom stereocenters. The van der Waals surface area contributed by atoms with E-state index in [-0.39, 0.29) is 5.91 Å². The van der Waals surface area contributed by atoms with Crippen LogP contribution in [0.2, 0.25) is 4.34 Å². The molecule has 0 bridgehead atoms. The van der Waals surface area contributed by atoms with Gasteiger partial charge in [-0.1, -0.05) is 54.1 Å². The van der Waals surface area contributed by atoms with Gasteiger partial charge in [0.1, 0.15) is 5.69 Å². The van der Waals surface area contributed by atoms with Crippen LogP contribution in [0.25, 0.3) is 22.6 Å². The summed E-state index contributed by atoms with van der Waals surface area (Å²) in [6.07, 6.45) is 0. The maximum absolute atomic E-state index is 12.2.